The molecule has 0 heterocycles. The van der Waals surface area contributed by atoms with E-state index in [1.54, 1.807) is 24.3 Å². The molecule has 0 aliphatic carbocycles. The van der Waals surface area contributed by atoms with E-state index in [0.29, 0.717) is 22.7 Å². The lowest BCUT2D eigenvalue weighted by molar-refractivity contribution is 0.442. The normalized spacial score (nSPS) is 12.4. The van der Waals surface area contributed by atoms with Crippen LogP contribution in [0.4, 0.5) is 13.2 Å². The maximum absolute atomic E-state index is 13.5. The van der Waals surface area contributed by atoms with Crippen LogP contribution in [0.1, 0.15) is 30.5 Å². The monoisotopic (exact) mass is 313 g/mol. The second-order valence-electron chi connectivity index (χ2n) is 4.71. The molecule has 21 heavy (non-hydrogen) atoms. The first kappa shape index (κ1) is 15.9. The van der Waals surface area contributed by atoms with Crippen LogP contribution in [0.2, 0.25) is 5.02 Å². The number of hydrogen-bond acceptors (Lipinski definition) is 1. The zero-order chi connectivity index (χ0) is 15.4. The predicted molar refractivity (Wildman–Crippen MR) is 77.9 cm³/mol. The molecule has 1 N–H and O–H groups in total. The molecule has 1 nitrogen and oxygen atoms in total. The highest BCUT2D eigenvalue weighted by Crippen LogP contribution is 2.29. The summed E-state index contributed by atoms with van der Waals surface area (Å²) >= 11 is 6.16. The summed E-state index contributed by atoms with van der Waals surface area (Å²) in [5, 5.41) is 3.66. The molecule has 0 spiro atoms. The van der Waals surface area contributed by atoms with Crippen LogP contribution in [0.15, 0.2) is 36.4 Å². The largest absolute Gasteiger partial charge is 0.306 e. The Morgan fingerprint density at radius 1 is 1.10 bits per heavy atom. The van der Waals surface area contributed by atoms with Gasteiger partial charge in [0.05, 0.1) is 6.04 Å². The zero-order valence-corrected chi connectivity index (χ0v) is 12.2. The molecule has 2 aromatic carbocycles. The van der Waals surface area contributed by atoms with E-state index in [1.807, 2.05) is 6.92 Å². The van der Waals surface area contributed by atoms with Crippen molar-refractivity contribution in [2.45, 2.75) is 19.4 Å². The summed E-state index contributed by atoms with van der Waals surface area (Å²) in [5.74, 6) is -3.88. The van der Waals surface area contributed by atoms with Gasteiger partial charge < -0.3 is 5.32 Å². The molecule has 2 aromatic rings. The average molecular weight is 314 g/mol. The highest BCUT2D eigenvalue weighted by molar-refractivity contribution is 6.31. The van der Waals surface area contributed by atoms with E-state index in [-0.39, 0.29) is 0 Å². The van der Waals surface area contributed by atoms with Crippen molar-refractivity contribution in [3.8, 4) is 0 Å². The lowest BCUT2D eigenvalue weighted by Crippen LogP contribution is -2.24. The molecule has 0 radical (unpaired) electrons. The Hall–Kier alpha value is -1.52. The Kier molecular flexibility index (Phi) is 5.26. The SMILES string of the molecule is CCCNC(c1cc(F)c(F)c(F)c1)c1ccccc1Cl. The minimum Gasteiger partial charge on any atom is -0.306 e. The van der Waals surface area contributed by atoms with Crippen molar-refractivity contribution in [2.24, 2.45) is 0 Å². The first-order chi connectivity index (χ1) is 10.0. The Morgan fingerprint density at radius 3 is 2.29 bits per heavy atom. The van der Waals surface area contributed by atoms with Gasteiger partial charge in [0, 0.05) is 5.02 Å². The van der Waals surface area contributed by atoms with Crippen LogP contribution in [0, 0.1) is 17.5 Å². The molecule has 0 aromatic heterocycles. The third-order valence-electron chi connectivity index (χ3n) is 3.15. The fourth-order valence-corrected chi connectivity index (χ4v) is 2.39. The van der Waals surface area contributed by atoms with E-state index in [9.17, 15) is 13.2 Å². The minimum atomic E-state index is -1.47. The number of benzene rings is 2. The lowest BCUT2D eigenvalue weighted by Gasteiger charge is -2.21. The molecule has 5 heteroatoms. The maximum atomic E-state index is 13.5. The molecule has 0 saturated carbocycles. The third-order valence-corrected chi connectivity index (χ3v) is 3.50. The Labute approximate surface area is 126 Å². The molecule has 0 saturated heterocycles. The summed E-state index contributed by atoms with van der Waals surface area (Å²) in [6, 6.07) is 8.53. The summed E-state index contributed by atoms with van der Waals surface area (Å²) in [6.45, 7) is 2.61. The molecule has 0 bridgehead atoms. The first-order valence-electron chi connectivity index (χ1n) is 6.66. The van der Waals surface area contributed by atoms with Crippen LogP contribution in [-0.4, -0.2) is 6.54 Å². The molecule has 2 rings (SSSR count). The maximum Gasteiger partial charge on any atom is 0.194 e. The predicted octanol–water partition coefficient (Wildman–Crippen LogP) is 4.85. The fraction of sp³-hybridized carbons (Fsp3) is 0.250. The Bertz CT molecular complexity index is 608. The van der Waals surface area contributed by atoms with Crippen molar-refractivity contribution < 1.29 is 13.2 Å². The van der Waals surface area contributed by atoms with E-state index in [1.165, 1.54) is 0 Å². The topological polar surface area (TPSA) is 12.0 Å². The van der Waals surface area contributed by atoms with E-state index in [0.717, 1.165) is 18.6 Å². The van der Waals surface area contributed by atoms with Gasteiger partial charge in [0.15, 0.2) is 17.5 Å². The van der Waals surface area contributed by atoms with Crippen LogP contribution in [0.3, 0.4) is 0 Å². The van der Waals surface area contributed by atoms with E-state index >= 15 is 0 Å². The van der Waals surface area contributed by atoms with Gasteiger partial charge in [0.25, 0.3) is 0 Å². The van der Waals surface area contributed by atoms with Crippen molar-refractivity contribution in [3.63, 3.8) is 0 Å². The van der Waals surface area contributed by atoms with Gasteiger partial charge in [-0.25, -0.2) is 13.2 Å². The molecule has 0 aliphatic heterocycles. The highest BCUT2D eigenvalue weighted by Gasteiger charge is 2.20. The zero-order valence-electron chi connectivity index (χ0n) is 11.5. The van der Waals surface area contributed by atoms with Crippen molar-refractivity contribution in [1.82, 2.24) is 5.32 Å². The van der Waals surface area contributed by atoms with Crippen LogP contribution >= 0.6 is 11.6 Å². The van der Waals surface area contributed by atoms with Gasteiger partial charge >= 0.3 is 0 Å². The number of hydrogen-bond donors (Lipinski definition) is 1. The van der Waals surface area contributed by atoms with Gasteiger partial charge in [0.2, 0.25) is 0 Å². The van der Waals surface area contributed by atoms with Gasteiger partial charge in [-0.3, -0.25) is 0 Å². The summed E-state index contributed by atoms with van der Waals surface area (Å²) in [4.78, 5) is 0. The molecule has 0 amide bonds. The lowest BCUT2D eigenvalue weighted by atomic mass is 9.98. The van der Waals surface area contributed by atoms with Gasteiger partial charge in [-0.1, -0.05) is 36.7 Å². The van der Waals surface area contributed by atoms with Crippen LogP contribution in [0.5, 0.6) is 0 Å². The summed E-state index contributed by atoms with van der Waals surface area (Å²) < 4.78 is 40.0. The van der Waals surface area contributed by atoms with Gasteiger partial charge in [-0.15, -0.1) is 0 Å². The molecule has 1 atom stereocenters. The second kappa shape index (κ2) is 6.96. The van der Waals surface area contributed by atoms with Gasteiger partial charge in [-0.2, -0.15) is 0 Å². The van der Waals surface area contributed by atoms with Crippen molar-refractivity contribution >= 4 is 11.6 Å². The Balaban J connectivity index is 2.48. The van der Waals surface area contributed by atoms with E-state index < -0.39 is 23.5 Å². The minimum absolute atomic E-state index is 0.299. The molecule has 0 aliphatic rings. The average Bonchev–Trinajstić information content (AvgIpc) is 2.46. The third kappa shape index (κ3) is 3.57. The van der Waals surface area contributed by atoms with Crippen molar-refractivity contribution in [1.29, 1.82) is 0 Å². The van der Waals surface area contributed by atoms with Crippen LogP contribution in [0.25, 0.3) is 0 Å². The van der Waals surface area contributed by atoms with Gasteiger partial charge in [0.1, 0.15) is 0 Å². The molecule has 0 fully saturated rings. The van der Waals surface area contributed by atoms with E-state index in [4.69, 9.17) is 11.6 Å². The van der Waals surface area contributed by atoms with Crippen LogP contribution < -0.4 is 5.32 Å². The van der Waals surface area contributed by atoms with Crippen molar-refractivity contribution in [2.75, 3.05) is 6.54 Å². The fourth-order valence-electron chi connectivity index (χ4n) is 2.15. The number of nitrogens with one attached hydrogen (secondary N) is 1. The standard InChI is InChI=1S/C16H15ClF3N/c1-2-7-21-16(11-5-3-4-6-12(11)17)10-8-13(18)15(20)14(19)9-10/h3-6,8-9,16,21H,2,7H2,1H3. The summed E-state index contributed by atoms with van der Waals surface area (Å²) in [6.07, 6.45) is 0.840. The molecule has 1 unspecified atom stereocenters. The van der Waals surface area contributed by atoms with Crippen LogP contribution in [-0.2, 0) is 0 Å². The number of rotatable bonds is 5. The highest BCUT2D eigenvalue weighted by atomic mass is 35.5. The first-order valence-corrected chi connectivity index (χ1v) is 7.04. The number of halogens is 4. The Morgan fingerprint density at radius 2 is 1.71 bits per heavy atom. The summed E-state index contributed by atoms with van der Waals surface area (Å²) in [5.41, 5.74) is 0.992. The smallest absolute Gasteiger partial charge is 0.194 e. The van der Waals surface area contributed by atoms with Gasteiger partial charge in [-0.05, 0) is 42.3 Å². The van der Waals surface area contributed by atoms with Crippen molar-refractivity contribution in [3.05, 3.63) is 70.0 Å². The summed E-state index contributed by atoms with van der Waals surface area (Å²) in [7, 11) is 0. The molecular weight excluding hydrogens is 299 g/mol. The second-order valence-corrected chi connectivity index (χ2v) is 5.11. The molecular formula is C16H15ClF3N. The molecule has 112 valence electrons. The van der Waals surface area contributed by atoms with E-state index in [2.05, 4.69) is 5.32 Å². The quantitative estimate of drug-likeness (QED) is 0.778.